The molecule has 0 bridgehead atoms. The minimum atomic E-state index is -0.351. The average Bonchev–Trinajstić information content (AvgIpc) is 2.33. The van der Waals surface area contributed by atoms with Crippen LogP contribution >= 0.6 is 11.8 Å². The summed E-state index contributed by atoms with van der Waals surface area (Å²) >= 11 is 1.47. The van der Waals surface area contributed by atoms with Crippen LogP contribution in [0.1, 0.15) is 12.8 Å². The van der Waals surface area contributed by atoms with Crippen molar-refractivity contribution < 1.29 is 9.13 Å². The highest BCUT2D eigenvalue weighted by Gasteiger charge is 2.18. The lowest BCUT2D eigenvalue weighted by molar-refractivity contribution is 0.1000. The van der Waals surface area contributed by atoms with E-state index in [0.717, 1.165) is 26.1 Å². The Morgan fingerprint density at radius 3 is 2.94 bits per heavy atom. The maximum atomic E-state index is 13.5. The molecule has 1 fully saturated rings. The summed E-state index contributed by atoms with van der Waals surface area (Å²) in [4.78, 5) is 7.93. The van der Waals surface area contributed by atoms with Crippen molar-refractivity contribution in [3.8, 4) is 0 Å². The van der Waals surface area contributed by atoms with Crippen LogP contribution in [-0.2, 0) is 4.74 Å². The summed E-state index contributed by atoms with van der Waals surface area (Å²) in [6.07, 6.45) is 3.10. The van der Waals surface area contributed by atoms with Crippen molar-refractivity contribution >= 4 is 17.7 Å². The predicted molar refractivity (Wildman–Crippen MR) is 61.2 cm³/mol. The van der Waals surface area contributed by atoms with E-state index in [1.807, 2.05) is 0 Å². The molecule has 1 aliphatic rings. The zero-order valence-electron chi connectivity index (χ0n) is 9.07. The first-order valence-corrected chi connectivity index (χ1v) is 6.12. The smallest absolute Gasteiger partial charge is 0.223 e. The molecule has 1 aliphatic heterocycles. The maximum absolute atomic E-state index is 13.5. The van der Waals surface area contributed by atoms with Gasteiger partial charge in [0.15, 0.2) is 5.82 Å². The van der Waals surface area contributed by atoms with E-state index in [1.165, 1.54) is 18.0 Å². The fourth-order valence-electron chi connectivity index (χ4n) is 1.51. The van der Waals surface area contributed by atoms with Gasteiger partial charge in [0.1, 0.15) is 5.03 Å². The van der Waals surface area contributed by atoms with E-state index in [1.54, 1.807) is 7.05 Å². The second kappa shape index (κ2) is 5.45. The lowest BCUT2D eigenvalue weighted by Gasteiger charge is -2.21. The second-order valence-corrected chi connectivity index (χ2v) is 4.82. The van der Waals surface area contributed by atoms with E-state index in [2.05, 4.69) is 15.3 Å². The summed E-state index contributed by atoms with van der Waals surface area (Å²) in [5, 5.41) is 3.62. The van der Waals surface area contributed by atoms with Crippen LogP contribution in [0.2, 0.25) is 0 Å². The molecule has 88 valence electrons. The molecule has 0 saturated carbocycles. The minimum absolute atomic E-state index is 0.351. The highest BCUT2D eigenvalue weighted by molar-refractivity contribution is 7.99. The van der Waals surface area contributed by atoms with E-state index in [9.17, 15) is 4.39 Å². The maximum Gasteiger partial charge on any atom is 0.223 e. The molecular formula is C10H14FN3OS. The van der Waals surface area contributed by atoms with Gasteiger partial charge in [-0.3, -0.25) is 0 Å². The fraction of sp³-hybridized carbons (Fsp3) is 0.600. The van der Waals surface area contributed by atoms with Crippen molar-refractivity contribution in [1.29, 1.82) is 0 Å². The number of halogens is 1. The third-order valence-corrected chi connectivity index (χ3v) is 3.70. The molecule has 0 spiro atoms. The Hall–Kier alpha value is -0.880. The molecule has 1 aromatic heterocycles. The van der Waals surface area contributed by atoms with E-state index < -0.39 is 0 Å². The summed E-state index contributed by atoms with van der Waals surface area (Å²) in [6, 6.07) is 0. The molecule has 2 heterocycles. The number of hydrogen-bond acceptors (Lipinski definition) is 5. The van der Waals surface area contributed by atoms with Crippen LogP contribution in [0, 0.1) is 5.82 Å². The molecule has 1 N–H and O–H groups in total. The van der Waals surface area contributed by atoms with Crippen LogP contribution < -0.4 is 5.32 Å². The van der Waals surface area contributed by atoms with Crippen LogP contribution in [0.4, 0.5) is 10.3 Å². The molecule has 0 amide bonds. The molecule has 0 atom stereocenters. The zero-order chi connectivity index (χ0) is 11.4. The van der Waals surface area contributed by atoms with Crippen molar-refractivity contribution in [3.63, 3.8) is 0 Å². The first-order valence-electron chi connectivity index (χ1n) is 5.24. The quantitative estimate of drug-likeness (QED) is 0.822. The first kappa shape index (κ1) is 11.6. The number of ether oxygens (including phenoxy) is 1. The van der Waals surface area contributed by atoms with E-state index in [-0.39, 0.29) is 5.82 Å². The van der Waals surface area contributed by atoms with Crippen molar-refractivity contribution in [1.82, 2.24) is 9.97 Å². The van der Waals surface area contributed by atoms with Crippen LogP contribution in [0.5, 0.6) is 0 Å². The zero-order valence-corrected chi connectivity index (χ0v) is 9.89. The van der Waals surface area contributed by atoms with Crippen LogP contribution in [0.3, 0.4) is 0 Å². The Kier molecular flexibility index (Phi) is 3.95. The molecule has 1 aromatic rings. The van der Waals surface area contributed by atoms with E-state index >= 15 is 0 Å². The number of thioether (sulfide) groups is 1. The summed E-state index contributed by atoms with van der Waals surface area (Å²) in [5.41, 5.74) is 0. The fourth-order valence-corrected chi connectivity index (χ4v) is 2.55. The summed E-state index contributed by atoms with van der Waals surface area (Å²) in [7, 11) is 1.72. The molecule has 0 radical (unpaired) electrons. The lowest BCUT2D eigenvalue weighted by Crippen LogP contribution is -2.17. The van der Waals surface area contributed by atoms with Crippen LogP contribution in [0.25, 0.3) is 0 Å². The van der Waals surface area contributed by atoms with Gasteiger partial charge in [0.2, 0.25) is 5.95 Å². The van der Waals surface area contributed by atoms with Gasteiger partial charge in [0.25, 0.3) is 0 Å². The standard InChI is InChI=1S/C10H14FN3OS/c1-12-10-13-6-8(11)9(14-10)16-7-2-4-15-5-3-7/h6-7H,2-5H2,1H3,(H,12,13,14). The van der Waals surface area contributed by atoms with E-state index in [0.29, 0.717) is 16.2 Å². The lowest BCUT2D eigenvalue weighted by atomic mass is 10.2. The Labute approximate surface area is 98.0 Å². The van der Waals surface area contributed by atoms with Gasteiger partial charge in [-0.2, -0.15) is 0 Å². The number of anilines is 1. The van der Waals surface area contributed by atoms with Crippen molar-refractivity contribution in [2.45, 2.75) is 23.1 Å². The van der Waals surface area contributed by atoms with Gasteiger partial charge in [0.05, 0.1) is 6.20 Å². The highest BCUT2D eigenvalue weighted by Crippen LogP contribution is 2.30. The Morgan fingerprint density at radius 1 is 1.50 bits per heavy atom. The van der Waals surface area contributed by atoms with Crippen molar-refractivity contribution in [2.75, 3.05) is 25.6 Å². The molecular weight excluding hydrogens is 229 g/mol. The monoisotopic (exact) mass is 243 g/mol. The average molecular weight is 243 g/mol. The molecule has 1 saturated heterocycles. The van der Waals surface area contributed by atoms with Gasteiger partial charge in [0, 0.05) is 25.5 Å². The Morgan fingerprint density at radius 2 is 2.25 bits per heavy atom. The van der Waals surface area contributed by atoms with Gasteiger partial charge >= 0.3 is 0 Å². The largest absolute Gasteiger partial charge is 0.381 e. The molecule has 0 aromatic carbocycles. The van der Waals surface area contributed by atoms with Gasteiger partial charge in [-0.25, -0.2) is 14.4 Å². The molecule has 0 aliphatic carbocycles. The number of hydrogen-bond donors (Lipinski definition) is 1. The number of aromatic nitrogens is 2. The molecule has 0 unspecified atom stereocenters. The Balaban J connectivity index is 2.06. The number of nitrogens with zero attached hydrogens (tertiary/aromatic N) is 2. The van der Waals surface area contributed by atoms with E-state index in [4.69, 9.17) is 4.74 Å². The minimum Gasteiger partial charge on any atom is -0.381 e. The molecule has 16 heavy (non-hydrogen) atoms. The van der Waals surface area contributed by atoms with Crippen LogP contribution in [0.15, 0.2) is 11.2 Å². The third-order valence-electron chi connectivity index (χ3n) is 2.38. The number of nitrogens with one attached hydrogen (secondary N) is 1. The summed E-state index contributed by atoms with van der Waals surface area (Å²) in [6.45, 7) is 1.51. The van der Waals surface area contributed by atoms with Crippen molar-refractivity contribution in [2.24, 2.45) is 0 Å². The predicted octanol–water partition coefficient (Wildman–Crippen LogP) is 1.93. The van der Waals surface area contributed by atoms with Gasteiger partial charge in [-0.05, 0) is 12.8 Å². The topological polar surface area (TPSA) is 47.0 Å². The molecule has 6 heteroatoms. The molecule has 2 rings (SSSR count). The normalized spacial score (nSPS) is 17.4. The number of rotatable bonds is 3. The van der Waals surface area contributed by atoms with Crippen molar-refractivity contribution in [3.05, 3.63) is 12.0 Å². The van der Waals surface area contributed by atoms with Crippen LogP contribution in [-0.4, -0.2) is 35.5 Å². The third kappa shape index (κ3) is 2.82. The SMILES string of the molecule is CNc1ncc(F)c(SC2CCOCC2)n1. The summed E-state index contributed by atoms with van der Waals surface area (Å²) in [5.74, 6) is 0.103. The van der Waals surface area contributed by atoms with Gasteiger partial charge in [-0.15, -0.1) is 0 Å². The first-order chi connectivity index (χ1) is 7.79. The summed E-state index contributed by atoms with van der Waals surface area (Å²) < 4.78 is 18.7. The molecule has 4 nitrogen and oxygen atoms in total. The van der Waals surface area contributed by atoms with Gasteiger partial charge < -0.3 is 10.1 Å². The van der Waals surface area contributed by atoms with Gasteiger partial charge in [-0.1, -0.05) is 11.8 Å². The highest BCUT2D eigenvalue weighted by atomic mass is 32.2. The Bertz CT molecular complexity index is 358. The second-order valence-electron chi connectivity index (χ2n) is 3.53.